The normalized spacial score (nSPS) is 12.1. The summed E-state index contributed by atoms with van der Waals surface area (Å²) in [7, 11) is 0. The number of benzene rings is 5. The second-order valence-electron chi connectivity index (χ2n) is 13.5. The van der Waals surface area contributed by atoms with Crippen LogP contribution in [0.1, 0.15) is 11.1 Å². The van der Waals surface area contributed by atoms with Crippen LogP contribution in [0.25, 0.3) is 89.7 Å². The molecule has 2 aliphatic rings. The second kappa shape index (κ2) is 14.8. The van der Waals surface area contributed by atoms with Gasteiger partial charge in [0, 0.05) is 10.8 Å². The molecule has 0 spiro atoms. The number of nitrogens with zero attached hydrogens (tertiary/aromatic N) is 6. The van der Waals surface area contributed by atoms with Crippen molar-refractivity contribution in [2.45, 2.75) is 13.8 Å². The van der Waals surface area contributed by atoms with Crippen LogP contribution in [0.2, 0.25) is 55.2 Å². The fraction of sp³-hybridized carbons (Fsp3) is 0.0500. The minimum atomic E-state index is -0.0414. The highest BCUT2D eigenvalue weighted by Gasteiger charge is 2.34. The van der Waals surface area contributed by atoms with Crippen LogP contribution < -0.4 is 4.74 Å². The monoisotopic (exact) mass is 1010 g/mol. The van der Waals surface area contributed by atoms with Crippen molar-refractivity contribution in [3.05, 3.63) is 109 Å². The molecule has 0 saturated heterocycles. The molecular formula is C40H15Cl11N8O. The van der Waals surface area contributed by atoms with Gasteiger partial charge in [-0.15, -0.1) is 0 Å². The summed E-state index contributed by atoms with van der Waals surface area (Å²) in [5, 5.41) is 1.85. The van der Waals surface area contributed by atoms with Gasteiger partial charge in [-0.2, -0.15) is 0 Å². The SMILES string of the molecule is Cc1cccc(C)c1Oc1c(Cl)c(Cl)c2c(c1Cl)-c1nc-2nc2[nH]c(nc3nc(nc4[nH]c(n1)c1c(Cl)c(Cl)c(Cl)c(Cl)c41)-c1c(Cl)c(Cl)c(Cl)c(Cl)c1-3)c1ccccc21. The van der Waals surface area contributed by atoms with E-state index in [1.165, 1.54) is 0 Å². The van der Waals surface area contributed by atoms with E-state index in [1.807, 2.05) is 56.3 Å². The first kappa shape index (κ1) is 40.5. The van der Waals surface area contributed by atoms with Crippen LogP contribution in [0.3, 0.4) is 0 Å². The highest BCUT2D eigenvalue weighted by Crippen LogP contribution is 2.55. The third-order valence-corrected chi connectivity index (χ3v) is 14.8. The molecule has 8 aromatic rings. The minimum Gasteiger partial charge on any atom is -0.454 e. The number of rotatable bonds is 2. The molecule has 5 heterocycles. The summed E-state index contributed by atoms with van der Waals surface area (Å²) in [6, 6.07) is 13.1. The molecule has 9 nitrogen and oxygen atoms in total. The Kier molecular flexibility index (Phi) is 9.98. The number of ether oxygens (including phenoxy) is 1. The lowest BCUT2D eigenvalue weighted by Crippen LogP contribution is -1.96. The number of fused-ring (bicyclic) bond motifs is 20. The Morgan fingerprint density at radius 3 is 1.18 bits per heavy atom. The number of para-hydroxylation sites is 1. The smallest absolute Gasteiger partial charge is 0.166 e. The van der Waals surface area contributed by atoms with E-state index >= 15 is 0 Å². The Morgan fingerprint density at radius 1 is 0.367 bits per heavy atom. The maximum absolute atomic E-state index is 7.30. The first-order chi connectivity index (χ1) is 28.7. The third-order valence-electron chi connectivity index (χ3n) is 10.0. The third kappa shape index (κ3) is 5.97. The second-order valence-corrected chi connectivity index (χ2v) is 17.7. The molecule has 3 aromatic heterocycles. The number of halogens is 11. The summed E-state index contributed by atoms with van der Waals surface area (Å²) >= 11 is 75.7. The zero-order valence-corrected chi connectivity index (χ0v) is 38.1. The van der Waals surface area contributed by atoms with Gasteiger partial charge in [-0.25, -0.2) is 29.9 Å². The van der Waals surface area contributed by atoms with Crippen LogP contribution in [-0.4, -0.2) is 39.9 Å². The summed E-state index contributed by atoms with van der Waals surface area (Å²) in [6.45, 7) is 3.80. The van der Waals surface area contributed by atoms with E-state index < -0.39 is 0 Å². The molecule has 298 valence electrons. The maximum atomic E-state index is 7.30. The molecule has 2 aliphatic heterocycles. The predicted octanol–water partition coefficient (Wildman–Crippen LogP) is 16.5. The highest BCUT2D eigenvalue weighted by molar-refractivity contribution is 6.57. The first-order valence-electron chi connectivity index (χ1n) is 17.2. The standard InChI is InChI=1S/C40H15Cl11N8O/c1-10-6-5-7-11(2)31(10)60-32-25(46)19-18(24(45)30(32)51)36-54-34-13-9-4-3-8-12(13)33(52-34)53-35-14-15(21(42)27(48)26(47)20(14)41)37(55-35)57-38-16-17(39(58-38)59-40(19)56-36)23(44)29(50)28(49)22(16)43/h3-9H,1-2H3,(H2,52,53,54,55,56,57,58,59). The number of aromatic amines is 2. The molecule has 20 heteroatoms. The van der Waals surface area contributed by atoms with E-state index in [2.05, 4.69) is 9.97 Å². The van der Waals surface area contributed by atoms with E-state index in [-0.39, 0.29) is 129 Å². The van der Waals surface area contributed by atoms with Gasteiger partial charge >= 0.3 is 0 Å². The van der Waals surface area contributed by atoms with Crippen molar-refractivity contribution < 1.29 is 4.74 Å². The summed E-state index contributed by atoms with van der Waals surface area (Å²) in [6.07, 6.45) is 0. The van der Waals surface area contributed by atoms with E-state index in [0.29, 0.717) is 27.8 Å². The summed E-state index contributed by atoms with van der Waals surface area (Å²) in [5.74, 6) is 0.881. The van der Waals surface area contributed by atoms with E-state index in [9.17, 15) is 0 Å². The molecule has 5 aromatic carbocycles. The number of hydrogen-bond acceptors (Lipinski definition) is 7. The van der Waals surface area contributed by atoms with Crippen molar-refractivity contribution in [1.29, 1.82) is 0 Å². The van der Waals surface area contributed by atoms with Crippen LogP contribution in [0.5, 0.6) is 11.5 Å². The lowest BCUT2D eigenvalue weighted by atomic mass is 10.1. The number of H-pyrrole nitrogens is 2. The summed E-state index contributed by atoms with van der Waals surface area (Å²) < 4.78 is 6.45. The molecule has 8 bridgehead atoms. The zero-order valence-electron chi connectivity index (χ0n) is 29.8. The number of nitrogens with one attached hydrogen (secondary N) is 2. The lowest BCUT2D eigenvalue weighted by Gasteiger charge is -2.17. The largest absolute Gasteiger partial charge is 0.454 e. The summed E-state index contributed by atoms with van der Waals surface area (Å²) in [5.41, 5.74) is 3.56. The molecule has 0 unspecified atom stereocenters. The van der Waals surface area contributed by atoms with Crippen LogP contribution in [0, 0.1) is 13.8 Å². The van der Waals surface area contributed by atoms with Gasteiger partial charge in [0.15, 0.2) is 29.0 Å². The van der Waals surface area contributed by atoms with E-state index in [1.54, 1.807) is 0 Å². The van der Waals surface area contributed by atoms with Gasteiger partial charge in [0.25, 0.3) is 0 Å². The molecule has 0 saturated carbocycles. The van der Waals surface area contributed by atoms with Crippen LogP contribution >= 0.6 is 128 Å². The molecule has 2 N–H and O–H groups in total. The van der Waals surface area contributed by atoms with E-state index in [0.717, 1.165) is 11.1 Å². The molecule has 10 rings (SSSR count). The zero-order chi connectivity index (χ0) is 42.2. The Morgan fingerprint density at radius 2 is 0.733 bits per heavy atom. The minimum absolute atomic E-state index is 0.000331. The van der Waals surface area contributed by atoms with Crippen molar-refractivity contribution in [3.8, 4) is 57.1 Å². The fourth-order valence-electron chi connectivity index (χ4n) is 7.23. The van der Waals surface area contributed by atoms with Crippen molar-refractivity contribution in [2.24, 2.45) is 0 Å². The van der Waals surface area contributed by atoms with Crippen molar-refractivity contribution >= 4 is 172 Å². The quantitative estimate of drug-likeness (QED) is 0.131. The van der Waals surface area contributed by atoms with Crippen molar-refractivity contribution in [2.75, 3.05) is 0 Å². The molecule has 0 fully saturated rings. The molecule has 0 atom stereocenters. The van der Waals surface area contributed by atoms with Gasteiger partial charge in [0.05, 0.1) is 83.3 Å². The van der Waals surface area contributed by atoms with Crippen LogP contribution in [0.4, 0.5) is 0 Å². The van der Waals surface area contributed by atoms with Gasteiger partial charge in [0.2, 0.25) is 0 Å². The van der Waals surface area contributed by atoms with Gasteiger partial charge < -0.3 is 14.7 Å². The lowest BCUT2D eigenvalue weighted by molar-refractivity contribution is 0.476. The topological polar surface area (TPSA) is 118 Å². The van der Waals surface area contributed by atoms with Gasteiger partial charge in [-0.05, 0) is 25.0 Å². The molecule has 60 heavy (non-hydrogen) atoms. The van der Waals surface area contributed by atoms with Crippen molar-refractivity contribution in [1.82, 2.24) is 39.9 Å². The Labute approximate surface area is 392 Å². The predicted molar refractivity (Wildman–Crippen MR) is 247 cm³/mol. The van der Waals surface area contributed by atoms with Crippen molar-refractivity contribution in [3.63, 3.8) is 0 Å². The first-order valence-corrected chi connectivity index (χ1v) is 21.4. The Bertz CT molecular complexity index is 3460. The Hall–Kier alpha value is -3.55. The number of aryl methyl sites for hydroxylation is 2. The van der Waals surface area contributed by atoms with Gasteiger partial charge in [0.1, 0.15) is 33.4 Å². The average Bonchev–Trinajstić information content (AvgIpc) is 3.97. The number of aromatic nitrogens is 8. The highest BCUT2D eigenvalue weighted by atomic mass is 35.5. The maximum Gasteiger partial charge on any atom is 0.166 e. The van der Waals surface area contributed by atoms with Gasteiger partial charge in [-0.1, -0.05) is 170 Å². The Balaban J connectivity index is 1.42. The number of hydrogen-bond donors (Lipinski definition) is 2. The summed E-state index contributed by atoms with van der Waals surface area (Å²) in [4.78, 5) is 36.1. The van der Waals surface area contributed by atoms with Crippen LogP contribution in [0.15, 0.2) is 42.5 Å². The van der Waals surface area contributed by atoms with Gasteiger partial charge in [-0.3, -0.25) is 0 Å². The fourth-order valence-corrected chi connectivity index (χ4v) is 10.1. The molecule has 0 radical (unpaired) electrons. The van der Waals surface area contributed by atoms with E-state index in [4.69, 9.17) is 162 Å². The average molecular weight is 1010 g/mol. The van der Waals surface area contributed by atoms with Crippen LogP contribution in [-0.2, 0) is 0 Å². The molecule has 0 aliphatic carbocycles. The molecule has 0 amide bonds. The molecular weight excluding hydrogens is 998 g/mol.